The molecule has 2 N–H and O–H groups in total. The smallest absolute Gasteiger partial charge is 0.257 e. The van der Waals surface area contributed by atoms with Crippen molar-refractivity contribution < 1.29 is 9.90 Å². The number of carbonyl (C=O) groups is 1. The second-order valence-corrected chi connectivity index (χ2v) is 6.83. The van der Waals surface area contributed by atoms with Crippen molar-refractivity contribution in [2.45, 2.75) is 13.0 Å². The molecule has 5 heteroatoms. The molecule has 132 valence electrons. The van der Waals surface area contributed by atoms with Gasteiger partial charge in [0.2, 0.25) is 0 Å². The van der Waals surface area contributed by atoms with E-state index in [1.807, 2.05) is 43.3 Å². The Morgan fingerprint density at radius 1 is 1.00 bits per heavy atom. The van der Waals surface area contributed by atoms with Crippen LogP contribution in [-0.2, 0) is 0 Å². The maximum atomic E-state index is 12.6. The minimum Gasteiger partial charge on any atom is -0.384 e. The van der Waals surface area contributed by atoms with E-state index in [2.05, 4.69) is 5.32 Å². The Morgan fingerprint density at radius 3 is 2.42 bits per heavy atom. The summed E-state index contributed by atoms with van der Waals surface area (Å²) < 4.78 is 0. The van der Waals surface area contributed by atoms with Gasteiger partial charge in [-0.05, 0) is 48.4 Å². The molecule has 0 saturated carbocycles. The maximum Gasteiger partial charge on any atom is 0.257 e. The van der Waals surface area contributed by atoms with Crippen LogP contribution in [0.25, 0.3) is 0 Å². The molecule has 26 heavy (non-hydrogen) atoms. The van der Waals surface area contributed by atoms with E-state index in [1.54, 1.807) is 30.3 Å². The second-order valence-electron chi connectivity index (χ2n) is 5.98. The molecular formula is C21H17Cl2NO2. The molecule has 1 unspecified atom stereocenters. The molecular weight excluding hydrogens is 369 g/mol. The summed E-state index contributed by atoms with van der Waals surface area (Å²) in [5, 5.41) is 14.4. The van der Waals surface area contributed by atoms with E-state index in [0.29, 0.717) is 32.4 Å². The number of hydrogen-bond donors (Lipinski definition) is 2. The molecule has 0 fully saturated rings. The molecule has 0 aliphatic heterocycles. The van der Waals surface area contributed by atoms with Crippen LogP contribution in [0.1, 0.15) is 33.2 Å². The number of hydrogen-bond acceptors (Lipinski definition) is 2. The van der Waals surface area contributed by atoms with Gasteiger partial charge in [-0.15, -0.1) is 0 Å². The zero-order chi connectivity index (χ0) is 18.7. The van der Waals surface area contributed by atoms with Crippen LogP contribution in [0.5, 0.6) is 0 Å². The van der Waals surface area contributed by atoms with Crippen LogP contribution in [0.3, 0.4) is 0 Å². The van der Waals surface area contributed by atoms with Crippen molar-refractivity contribution in [2.24, 2.45) is 0 Å². The van der Waals surface area contributed by atoms with Crippen LogP contribution >= 0.6 is 23.2 Å². The van der Waals surface area contributed by atoms with E-state index in [9.17, 15) is 9.90 Å². The summed E-state index contributed by atoms with van der Waals surface area (Å²) in [6, 6.07) is 19.4. The highest BCUT2D eigenvalue weighted by Crippen LogP contribution is 2.31. The molecule has 0 radical (unpaired) electrons. The lowest BCUT2D eigenvalue weighted by molar-refractivity contribution is 0.102. The zero-order valence-electron chi connectivity index (χ0n) is 14.0. The molecule has 3 aromatic rings. The highest BCUT2D eigenvalue weighted by Gasteiger charge is 2.18. The molecule has 0 saturated heterocycles. The number of aliphatic hydroxyl groups excluding tert-OH is 1. The second kappa shape index (κ2) is 7.92. The number of carbonyl (C=O) groups excluding carboxylic acids is 1. The van der Waals surface area contributed by atoms with Gasteiger partial charge in [0.25, 0.3) is 5.91 Å². The molecule has 0 spiro atoms. The molecule has 0 bridgehead atoms. The fourth-order valence-electron chi connectivity index (χ4n) is 2.68. The molecule has 3 rings (SSSR count). The Balaban J connectivity index is 1.94. The van der Waals surface area contributed by atoms with E-state index in [4.69, 9.17) is 23.2 Å². The topological polar surface area (TPSA) is 49.3 Å². The van der Waals surface area contributed by atoms with Crippen molar-refractivity contribution in [1.82, 2.24) is 0 Å². The van der Waals surface area contributed by atoms with Gasteiger partial charge in [-0.3, -0.25) is 4.79 Å². The predicted molar refractivity (Wildman–Crippen MR) is 106 cm³/mol. The third-order valence-electron chi connectivity index (χ3n) is 4.04. The molecule has 1 atom stereocenters. The number of benzene rings is 3. The third kappa shape index (κ3) is 4.07. The van der Waals surface area contributed by atoms with Crippen molar-refractivity contribution in [3.05, 3.63) is 99.0 Å². The Labute approximate surface area is 162 Å². The van der Waals surface area contributed by atoms with E-state index in [-0.39, 0.29) is 5.91 Å². The molecule has 3 aromatic carbocycles. The average Bonchev–Trinajstić information content (AvgIpc) is 2.63. The Kier molecular flexibility index (Phi) is 5.62. The molecule has 3 nitrogen and oxygen atoms in total. The summed E-state index contributed by atoms with van der Waals surface area (Å²) in [6.07, 6.45) is -0.918. The average molecular weight is 386 g/mol. The molecule has 0 aliphatic rings. The van der Waals surface area contributed by atoms with E-state index >= 15 is 0 Å². The third-order valence-corrected chi connectivity index (χ3v) is 4.59. The van der Waals surface area contributed by atoms with Crippen molar-refractivity contribution in [3.63, 3.8) is 0 Å². The van der Waals surface area contributed by atoms with Gasteiger partial charge in [0.05, 0.1) is 10.6 Å². The van der Waals surface area contributed by atoms with Gasteiger partial charge in [0, 0.05) is 16.3 Å². The summed E-state index contributed by atoms with van der Waals surface area (Å²) in [5.74, 6) is -0.348. The first-order valence-electron chi connectivity index (χ1n) is 8.05. The lowest BCUT2D eigenvalue weighted by atomic mass is 9.99. The van der Waals surface area contributed by atoms with Crippen molar-refractivity contribution in [3.8, 4) is 0 Å². The monoisotopic (exact) mass is 385 g/mol. The molecule has 0 aromatic heterocycles. The van der Waals surface area contributed by atoms with Crippen LogP contribution in [0.15, 0.2) is 66.7 Å². The lowest BCUT2D eigenvalue weighted by Gasteiger charge is -2.17. The predicted octanol–water partition coefficient (Wildman–Crippen LogP) is 5.64. The number of anilines is 1. The highest BCUT2D eigenvalue weighted by atomic mass is 35.5. The normalized spacial score (nSPS) is 11.8. The van der Waals surface area contributed by atoms with Gasteiger partial charge >= 0.3 is 0 Å². The van der Waals surface area contributed by atoms with Crippen molar-refractivity contribution >= 4 is 34.8 Å². The highest BCUT2D eigenvalue weighted by molar-refractivity contribution is 6.34. The lowest BCUT2D eigenvalue weighted by Crippen LogP contribution is -2.15. The SMILES string of the molecule is Cc1ccc(C(=O)Nc2ccc(Cl)cc2C(O)c2ccccc2)c(Cl)c1. The van der Waals surface area contributed by atoms with Gasteiger partial charge in [0.15, 0.2) is 0 Å². The van der Waals surface area contributed by atoms with Crippen molar-refractivity contribution in [1.29, 1.82) is 0 Å². The van der Waals surface area contributed by atoms with Crippen LogP contribution in [0.4, 0.5) is 5.69 Å². The van der Waals surface area contributed by atoms with Crippen LogP contribution in [-0.4, -0.2) is 11.0 Å². The molecule has 0 heterocycles. The summed E-state index contributed by atoms with van der Waals surface area (Å²) in [5.41, 5.74) is 3.04. The Hall–Kier alpha value is -2.33. The summed E-state index contributed by atoms with van der Waals surface area (Å²) >= 11 is 12.3. The fourth-order valence-corrected chi connectivity index (χ4v) is 3.18. The van der Waals surface area contributed by atoms with Gasteiger partial charge in [-0.2, -0.15) is 0 Å². The minimum absolute atomic E-state index is 0.348. The quantitative estimate of drug-likeness (QED) is 0.610. The van der Waals surface area contributed by atoms with Crippen LogP contribution < -0.4 is 5.32 Å². The van der Waals surface area contributed by atoms with Crippen molar-refractivity contribution in [2.75, 3.05) is 5.32 Å². The molecule has 1 amide bonds. The van der Waals surface area contributed by atoms with Gasteiger partial charge < -0.3 is 10.4 Å². The number of rotatable bonds is 4. The van der Waals surface area contributed by atoms with E-state index in [1.165, 1.54) is 0 Å². The first-order valence-corrected chi connectivity index (χ1v) is 8.81. The standard InChI is InChI=1S/C21H17Cl2NO2/c1-13-7-9-16(18(23)11-13)21(26)24-19-10-8-15(22)12-17(19)20(25)14-5-3-2-4-6-14/h2-12,20,25H,1H3,(H,24,26). The Morgan fingerprint density at radius 2 is 1.73 bits per heavy atom. The minimum atomic E-state index is -0.918. The Bertz CT molecular complexity index is 942. The van der Waals surface area contributed by atoms with E-state index < -0.39 is 6.10 Å². The van der Waals surface area contributed by atoms with Crippen LogP contribution in [0.2, 0.25) is 10.0 Å². The van der Waals surface area contributed by atoms with E-state index in [0.717, 1.165) is 5.56 Å². The number of aryl methyl sites for hydroxylation is 1. The summed E-state index contributed by atoms with van der Waals surface area (Å²) in [4.78, 5) is 12.6. The number of amides is 1. The number of halogens is 2. The zero-order valence-corrected chi connectivity index (χ0v) is 15.6. The molecule has 0 aliphatic carbocycles. The van der Waals surface area contributed by atoms with Gasteiger partial charge in [0.1, 0.15) is 6.10 Å². The first kappa shape index (κ1) is 18.5. The number of nitrogens with one attached hydrogen (secondary N) is 1. The maximum absolute atomic E-state index is 12.6. The van der Waals surface area contributed by atoms with Crippen LogP contribution in [0, 0.1) is 6.92 Å². The summed E-state index contributed by atoms with van der Waals surface area (Å²) in [6.45, 7) is 1.90. The largest absolute Gasteiger partial charge is 0.384 e. The van der Waals surface area contributed by atoms with Gasteiger partial charge in [-0.1, -0.05) is 59.6 Å². The van der Waals surface area contributed by atoms with Gasteiger partial charge in [-0.25, -0.2) is 0 Å². The summed E-state index contributed by atoms with van der Waals surface area (Å²) in [7, 11) is 0. The number of aliphatic hydroxyl groups is 1. The first-order chi connectivity index (χ1) is 12.5. The fraction of sp³-hybridized carbons (Fsp3) is 0.0952.